The summed E-state index contributed by atoms with van der Waals surface area (Å²) in [5.74, 6) is 0.388. The fraction of sp³-hybridized carbons (Fsp3) is 0.267. The van der Waals surface area contributed by atoms with Crippen molar-refractivity contribution in [3.8, 4) is 5.75 Å². The van der Waals surface area contributed by atoms with Crippen molar-refractivity contribution in [3.05, 3.63) is 45.8 Å². The number of hydrogen-bond acceptors (Lipinski definition) is 4. The quantitative estimate of drug-likeness (QED) is 0.805. The number of phenols is 1. The Morgan fingerprint density at radius 1 is 1.26 bits per heavy atom. The van der Waals surface area contributed by atoms with Crippen LogP contribution in [0.2, 0.25) is 0 Å². The average molecular weight is 273 g/mol. The van der Waals surface area contributed by atoms with Gasteiger partial charge in [-0.05, 0) is 42.7 Å². The Morgan fingerprint density at radius 3 is 2.89 bits per heavy atom. The van der Waals surface area contributed by atoms with Crippen LogP contribution in [0.4, 0.5) is 5.69 Å². The average Bonchev–Trinajstić information content (AvgIpc) is 2.74. The molecular formula is C15H15NO2S. The van der Waals surface area contributed by atoms with Gasteiger partial charge in [0.25, 0.3) is 0 Å². The molecule has 0 fully saturated rings. The highest BCUT2D eigenvalue weighted by atomic mass is 32.2. The van der Waals surface area contributed by atoms with Gasteiger partial charge in [-0.1, -0.05) is 17.8 Å². The fourth-order valence-electron chi connectivity index (χ4n) is 2.40. The second-order valence-electron chi connectivity index (χ2n) is 4.74. The van der Waals surface area contributed by atoms with Gasteiger partial charge in [0.15, 0.2) is 5.78 Å². The van der Waals surface area contributed by atoms with Crippen molar-refractivity contribution in [3.63, 3.8) is 0 Å². The van der Waals surface area contributed by atoms with Crippen LogP contribution in [0, 0.1) is 0 Å². The van der Waals surface area contributed by atoms with E-state index in [4.69, 9.17) is 0 Å². The molecule has 0 saturated heterocycles. The zero-order valence-electron chi connectivity index (χ0n) is 10.5. The molecule has 0 aromatic heterocycles. The van der Waals surface area contributed by atoms with Gasteiger partial charge in [-0.3, -0.25) is 4.79 Å². The van der Waals surface area contributed by atoms with E-state index in [1.807, 2.05) is 6.07 Å². The van der Waals surface area contributed by atoms with Gasteiger partial charge in [0.2, 0.25) is 0 Å². The normalized spacial score (nSPS) is 20.8. The van der Waals surface area contributed by atoms with E-state index in [1.165, 1.54) is 11.3 Å². The Hall–Kier alpha value is -1.68. The Balaban J connectivity index is 1.74. The molecule has 0 radical (unpaired) electrons. The van der Waals surface area contributed by atoms with E-state index < -0.39 is 0 Å². The zero-order valence-corrected chi connectivity index (χ0v) is 11.3. The predicted octanol–water partition coefficient (Wildman–Crippen LogP) is 3.79. The third kappa shape index (κ3) is 2.54. The van der Waals surface area contributed by atoms with E-state index in [1.54, 1.807) is 36.2 Å². The molecule has 2 aliphatic rings. The summed E-state index contributed by atoms with van der Waals surface area (Å²) in [4.78, 5) is 14.2. The Kier molecular flexibility index (Phi) is 3.34. The molecule has 1 aliphatic heterocycles. The summed E-state index contributed by atoms with van der Waals surface area (Å²) < 4.78 is 0. The van der Waals surface area contributed by atoms with Crippen LogP contribution < -0.4 is 5.32 Å². The summed E-state index contributed by atoms with van der Waals surface area (Å²) in [7, 11) is 0. The number of carbonyl (C=O) groups is 1. The highest BCUT2D eigenvalue weighted by Crippen LogP contribution is 2.45. The van der Waals surface area contributed by atoms with Crippen LogP contribution in [0.3, 0.4) is 0 Å². The van der Waals surface area contributed by atoms with Crippen molar-refractivity contribution in [2.75, 3.05) is 5.32 Å². The molecule has 0 spiro atoms. The number of thioether (sulfide) groups is 1. The number of ketones is 1. The molecule has 3 rings (SSSR count). The number of Topliss-reactive ketones (excluding diaryl/α,β-unsaturated/α-hetero) is 1. The lowest BCUT2D eigenvalue weighted by atomic mass is 9.96. The smallest absolute Gasteiger partial charge is 0.197 e. The summed E-state index contributed by atoms with van der Waals surface area (Å²) in [6, 6.07) is 6.87. The van der Waals surface area contributed by atoms with Gasteiger partial charge >= 0.3 is 0 Å². The van der Waals surface area contributed by atoms with Gasteiger partial charge in [-0.25, -0.2) is 0 Å². The van der Waals surface area contributed by atoms with Gasteiger partial charge in [-0.2, -0.15) is 0 Å². The van der Waals surface area contributed by atoms with Gasteiger partial charge in [0, 0.05) is 23.5 Å². The second-order valence-corrected chi connectivity index (χ2v) is 5.88. The van der Waals surface area contributed by atoms with Crippen molar-refractivity contribution >= 4 is 23.2 Å². The van der Waals surface area contributed by atoms with E-state index in [9.17, 15) is 9.90 Å². The number of aromatic hydroxyl groups is 1. The molecule has 0 amide bonds. The van der Waals surface area contributed by atoms with E-state index >= 15 is 0 Å². The minimum Gasteiger partial charge on any atom is -0.508 e. The number of allylic oxidation sites excluding steroid dienone is 3. The number of phenolic OH excluding ortho intramolecular Hbond substituents is 1. The van der Waals surface area contributed by atoms with Crippen LogP contribution in [0.5, 0.6) is 5.75 Å². The third-order valence-electron chi connectivity index (χ3n) is 3.36. The van der Waals surface area contributed by atoms with Crippen molar-refractivity contribution < 1.29 is 9.90 Å². The monoisotopic (exact) mass is 273 g/mol. The van der Waals surface area contributed by atoms with Crippen molar-refractivity contribution in [1.82, 2.24) is 0 Å². The van der Waals surface area contributed by atoms with Gasteiger partial charge < -0.3 is 10.4 Å². The maximum absolute atomic E-state index is 12.2. The van der Waals surface area contributed by atoms with Crippen LogP contribution in [-0.4, -0.2) is 10.9 Å². The molecule has 0 atom stereocenters. The number of carbonyl (C=O) groups excluding carboxylic acids is 1. The molecule has 1 aromatic carbocycles. The number of hydrogen-bond donors (Lipinski definition) is 2. The Labute approximate surface area is 116 Å². The van der Waals surface area contributed by atoms with Crippen LogP contribution in [0.1, 0.15) is 25.7 Å². The largest absolute Gasteiger partial charge is 0.508 e. The SMILES string of the molecule is O=C1C2=C(CCCC2)S/C1=C\Nc1cccc(O)c1. The molecule has 98 valence electrons. The van der Waals surface area contributed by atoms with Crippen molar-refractivity contribution in [1.29, 1.82) is 0 Å². The van der Waals surface area contributed by atoms with Gasteiger partial charge in [0.05, 0.1) is 4.91 Å². The summed E-state index contributed by atoms with van der Waals surface area (Å²) >= 11 is 1.59. The number of nitrogens with one attached hydrogen (secondary N) is 1. The highest BCUT2D eigenvalue weighted by molar-refractivity contribution is 8.08. The molecule has 2 N–H and O–H groups in total. The summed E-state index contributed by atoms with van der Waals surface area (Å²) in [6.07, 6.45) is 6.02. The molecule has 0 unspecified atom stereocenters. The molecule has 1 heterocycles. The summed E-state index contributed by atoms with van der Waals surface area (Å²) in [5, 5.41) is 12.5. The number of benzene rings is 1. The second kappa shape index (κ2) is 5.13. The maximum atomic E-state index is 12.2. The Morgan fingerprint density at radius 2 is 2.11 bits per heavy atom. The molecule has 0 bridgehead atoms. The lowest BCUT2D eigenvalue weighted by molar-refractivity contribution is -0.111. The topological polar surface area (TPSA) is 49.3 Å². The van der Waals surface area contributed by atoms with E-state index in [-0.39, 0.29) is 11.5 Å². The molecule has 0 saturated carbocycles. The first kappa shape index (κ1) is 12.4. The lowest BCUT2D eigenvalue weighted by Gasteiger charge is -2.09. The summed E-state index contributed by atoms with van der Waals surface area (Å²) in [6.45, 7) is 0. The van der Waals surface area contributed by atoms with Crippen molar-refractivity contribution in [2.45, 2.75) is 25.7 Å². The Bertz CT molecular complexity index is 590. The first-order valence-electron chi connectivity index (χ1n) is 6.44. The highest BCUT2D eigenvalue weighted by Gasteiger charge is 2.30. The zero-order chi connectivity index (χ0) is 13.2. The molecule has 4 heteroatoms. The fourth-order valence-corrected chi connectivity index (χ4v) is 3.56. The minimum atomic E-state index is 0.173. The molecule has 19 heavy (non-hydrogen) atoms. The van der Waals surface area contributed by atoms with Gasteiger partial charge in [0.1, 0.15) is 5.75 Å². The number of anilines is 1. The first-order chi connectivity index (χ1) is 9.24. The molecule has 3 nitrogen and oxygen atoms in total. The van der Waals surface area contributed by atoms with Crippen LogP contribution in [0.25, 0.3) is 0 Å². The van der Waals surface area contributed by atoms with E-state index in [2.05, 4.69) is 5.32 Å². The molecular weight excluding hydrogens is 258 g/mol. The minimum absolute atomic E-state index is 0.173. The van der Waals surface area contributed by atoms with Crippen LogP contribution >= 0.6 is 11.8 Å². The summed E-state index contributed by atoms with van der Waals surface area (Å²) in [5.41, 5.74) is 1.80. The molecule has 1 aromatic rings. The standard InChI is InChI=1S/C15H15NO2S/c17-11-5-3-4-10(8-11)16-9-14-15(18)12-6-1-2-7-13(12)19-14/h3-5,8-9,16-17H,1-2,6-7H2/b14-9-. The first-order valence-corrected chi connectivity index (χ1v) is 7.26. The van der Waals surface area contributed by atoms with Crippen LogP contribution in [-0.2, 0) is 4.79 Å². The lowest BCUT2D eigenvalue weighted by Crippen LogP contribution is -2.03. The van der Waals surface area contributed by atoms with E-state index in [0.717, 1.165) is 35.4 Å². The maximum Gasteiger partial charge on any atom is 0.197 e. The molecule has 1 aliphatic carbocycles. The predicted molar refractivity (Wildman–Crippen MR) is 77.9 cm³/mol. The van der Waals surface area contributed by atoms with Crippen LogP contribution in [0.15, 0.2) is 45.8 Å². The van der Waals surface area contributed by atoms with Gasteiger partial charge in [-0.15, -0.1) is 0 Å². The van der Waals surface area contributed by atoms with Crippen molar-refractivity contribution in [2.24, 2.45) is 0 Å². The third-order valence-corrected chi connectivity index (χ3v) is 4.58. The number of rotatable bonds is 2. The van der Waals surface area contributed by atoms with E-state index in [0.29, 0.717) is 0 Å².